The van der Waals surface area contributed by atoms with Crippen molar-refractivity contribution < 1.29 is 19.8 Å². The molecule has 0 aromatic heterocycles. The van der Waals surface area contributed by atoms with E-state index in [0.29, 0.717) is 8.96 Å². The van der Waals surface area contributed by atoms with E-state index in [1.807, 2.05) is 0 Å². The van der Waals surface area contributed by atoms with E-state index in [4.69, 9.17) is 0 Å². The molecule has 0 saturated heterocycles. The molecule has 0 saturated carbocycles. The lowest BCUT2D eigenvalue weighted by Gasteiger charge is -2.43. The van der Waals surface area contributed by atoms with Crippen LogP contribution in [0.25, 0.3) is 0 Å². The van der Waals surface area contributed by atoms with Gasteiger partial charge in [-0.1, -0.05) is 31.9 Å². The first-order chi connectivity index (χ1) is 8.02. The van der Waals surface area contributed by atoms with E-state index in [9.17, 15) is 19.8 Å². The van der Waals surface area contributed by atoms with E-state index in [1.54, 1.807) is 0 Å². The van der Waals surface area contributed by atoms with Crippen molar-refractivity contribution in [1.82, 2.24) is 0 Å². The largest absolute Gasteiger partial charge is 0.481 e. The number of hydrogen-bond donors (Lipinski definition) is 2. The monoisotopic (exact) mass is 508 g/mol. The highest BCUT2D eigenvalue weighted by Gasteiger charge is 2.62. The van der Waals surface area contributed by atoms with Crippen LogP contribution in [0.1, 0.15) is 13.8 Å². The van der Waals surface area contributed by atoms with Gasteiger partial charge in [0, 0.05) is 17.9 Å². The maximum atomic E-state index is 11.6. The van der Waals surface area contributed by atoms with Gasteiger partial charge in [0.05, 0.1) is 0 Å². The molecule has 0 aromatic carbocycles. The molecule has 100 valence electrons. The first kappa shape index (κ1) is 16.4. The number of aliphatic carboxylic acids is 2. The normalized spacial score (nSPS) is 32.8. The summed E-state index contributed by atoms with van der Waals surface area (Å²) >= 11 is 12.9. The molecule has 0 fully saturated rings. The maximum absolute atomic E-state index is 11.6. The Balaban J connectivity index is 3.80. The van der Waals surface area contributed by atoms with Crippen LogP contribution in [-0.4, -0.2) is 22.2 Å². The van der Waals surface area contributed by atoms with Crippen LogP contribution in [0.3, 0.4) is 0 Å². The van der Waals surface area contributed by atoms with Crippen LogP contribution < -0.4 is 0 Å². The summed E-state index contributed by atoms with van der Waals surface area (Å²) in [5.41, 5.74) is -3.26. The summed E-state index contributed by atoms with van der Waals surface area (Å²) in [5, 5.41) is 18.9. The van der Waals surface area contributed by atoms with Crippen LogP contribution >= 0.6 is 63.7 Å². The average Bonchev–Trinajstić information content (AvgIpc) is 2.30. The van der Waals surface area contributed by atoms with Crippen molar-refractivity contribution in [2.24, 2.45) is 10.8 Å². The topological polar surface area (TPSA) is 74.6 Å². The quantitative estimate of drug-likeness (QED) is 0.583. The molecule has 2 N–H and O–H groups in total. The molecule has 1 aliphatic carbocycles. The molecule has 18 heavy (non-hydrogen) atoms. The third-order valence-corrected chi connectivity index (χ3v) is 8.87. The lowest BCUT2D eigenvalue weighted by molar-refractivity contribution is -0.163. The van der Waals surface area contributed by atoms with E-state index in [1.165, 1.54) is 13.8 Å². The Labute approximate surface area is 137 Å². The molecule has 1 aliphatic rings. The third kappa shape index (κ3) is 1.87. The van der Waals surface area contributed by atoms with Gasteiger partial charge in [-0.05, 0) is 45.7 Å². The van der Waals surface area contributed by atoms with Crippen molar-refractivity contribution in [2.45, 2.75) is 13.8 Å². The van der Waals surface area contributed by atoms with Gasteiger partial charge in [-0.3, -0.25) is 9.59 Å². The van der Waals surface area contributed by atoms with Crippen molar-refractivity contribution in [3.05, 3.63) is 17.9 Å². The minimum atomic E-state index is -1.63. The smallest absolute Gasteiger partial charge is 0.315 e. The molecule has 8 heteroatoms. The summed E-state index contributed by atoms with van der Waals surface area (Å²) < 4.78 is 1.47. The van der Waals surface area contributed by atoms with E-state index >= 15 is 0 Å². The number of hydrogen-bond acceptors (Lipinski definition) is 2. The van der Waals surface area contributed by atoms with Crippen molar-refractivity contribution in [2.75, 3.05) is 0 Å². The fourth-order valence-corrected chi connectivity index (χ4v) is 4.94. The highest BCUT2D eigenvalue weighted by molar-refractivity contribution is 9.17. The van der Waals surface area contributed by atoms with Gasteiger partial charge in [-0.15, -0.1) is 0 Å². The van der Waals surface area contributed by atoms with Gasteiger partial charge < -0.3 is 10.2 Å². The van der Waals surface area contributed by atoms with Crippen LogP contribution in [0.5, 0.6) is 0 Å². The molecule has 0 radical (unpaired) electrons. The first-order valence-corrected chi connectivity index (χ1v) is 7.78. The van der Waals surface area contributed by atoms with Gasteiger partial charge >= 0.3 is 11.9 Å². The Bertz CT molecular complexity index is 464. The maximum Gasteiger partial charge on any atom is 0.315 e. The van der Waals surface area contributed by atoms with Gasteiger partial charge in [-0.2, -0.15) is 0 Å². The fourth-order valence-electron chi connectivity index (χ4n) is 1.69. The van der Waals surface area contributed by atoms with Crippen LogP contribution in [0, 0.1) is 10.8 Å². The minimum Gasteiger partial charge on any atom is -0.481 e. The van der Waals surface area contributed by atoms with Gasteiger partial charge in [0.15, 0.2) is 0 Å². The van der Waals surface area contributed by atoms with Gasteiger partial charge in [0.25, 0.3) is 0 Å². The van der Waals surface area contributed by atoms with Crippen LogP contribution in [0.15, 0.2) is 17.9 Å². The standard InChI is InChI=1S/C10H8Br4O4/c1-9(7(15)16)5(13)3(11)4(12)6(14)10(9,2)8(17)18/h1-2H3,(H,15,16)(H,17,18). The zero-order valence-corrected chi connectivity index (χ0v) is 15.6. The number of carboxylic acids is 2. The van der Waals surface area contributed by atoms with Crippen molar-refractivity contribution in [1.29, 1.82) is 0 Å². The second-order valence-electron chi connectivity index (χ2n) is 4.12. The first-order valence-electron chi connectivity index (χ1n) is 4.61. The Morgan fingerprint density at radius 1 is 0.833 bits per heavy atom. The molecule has 2 atom stereocenters. The number of halogens is 4. The lowest BCUT2D eigenvalue weighted by atomic mass is 9.63. The van der Waals surface area contributed by atoms with Gasteiger partial charge in [0.2, 0.25) is 0 Å². The number of allylic oxidation sites excluding steroid dienone is 2. The molecule has 0 spiro atoms. The van der Waals surface area contributed by atoms with Crippen molar-refractivity contribution in [3.63, 3.8) is 0 Å². The zero-order chi connectivity index (χ0) is 14.5. The second kappa shape index (κ2) is 5.03. The summed E-state index contributed by atoms with van der Waals surface area (Å²) in [4.78, 5) is 23.2. The summed E-state index contributed by atoms with van der Waals surface area (Å²) in [6, 6.07) is 0. The molecular weight excluding hydrogens is 504 g/mol. The Kier molecular flexibility index (Phi) is 4.58. The van der Waals surface area contributed by atoms with E-state index in [0.717, 1.165) is 0 Å². The molecule has 0 aliphatic heterocycles. The summed E-state index contributed by atoms with van der Waals surface area (Å²) in [5.74, 6) is -2.46. The lowest BCUT2D eigenvalue weighted by Crippen LogP contribution is -2.51. The Morgan fingerprint density at radius 3 is 1.22 bits per heavy atom. The number of rotatable bonds is 2. The Hall–Kier alpha value is 0.340. The number of carbonyl (C=O) groups is 2. The Morgan fingerprint density at radius 2 is 1.06 bits per heavy atom. The molecule has 0 bridgehead atoms. The highest BCUT2D eigenvalue weighted by atomic mass is 79.9. The predicted octanol–water partition coefficient (Wildman–Crippen LogP) is 4.18. The van der Waals surface area contributed by atoms with Crippen LogP contribution in [0.4, 0.5) is 0 Å². The molecular formula is C10H8Br4O4. The summed E-state index contributed by atoms with van der Waals surface area (Å²) in [6.07, 6.45) is 0. The molecule has 4 nitrogen and oxygen atoms in total. The molecule has 1 rings (SSSR count). The van der Waals surface area contributed by atoms with Crippen LogP contribution in [-0.2, 0) is 9.59 Å². The number of carboxylic acid groups (broad SMARTS) is 2. The van der Waals surface area contributed by atoms with E-state index in [-0.39, 0.29) is 8.96 Å². The molecule has 2 unspecified atom stereocenters. The highest BCUT2D eigenvalue weighted by Crippen LogP contribution is 2.61. The fraction of sp³-hybridized carbons (Fsp3) is 0.400. The van der Waals surface area contributed by atoms with Gasteiger partial charge in [-0.25, -0.2) is 0 Å². The minimum absolute atomic E-state index is 0.266. The SMILES string of the molecule is CC1(C(=O)O)C(Br)=C(Br)C(Br)=C(Br)C1(C)C(=O)O. The zero-order valence-electron chi connectivity index (χ0n) is 9.22. The molecule has 0 amide bonds. The average molecular weight is 512 g/mol. The van der Waals surface area contributed by atoms with Crippen molar-refractivity contribution in [3.8, 4) is 0 Å². The summed E-state index contributed by atoms with van der Waals surface area (Å²) in [6.45, 7) is 2.74. The molecule has 0 heterocycles. The summed E-state index contributed by atoms with van der Waals surface area (Å²) in [7, 11) is 0. The third-order valence-electron chi connectivity index (χ3n) is 3.31. The molecule has 0 aromatic rings. The van der Waals surface area contributed by atoms with E-state index < -0.39 is 22.8 Å². The second-order valence-corrected chi connectivity index (χ2v) is 7.29. The van der Waals surface area contributed by atoms with Crippen molar-refractivity contribution >= 4 is 75.7 Å². The predicted molar refractivity (Wildman–Crippen MR) is 81.2 cm³/mol. The van der Waals surface area contributed by atoms with E-state index in [2.05, 4.69) is 63.7 Å². The van der Waals surface area contributed by atoms with Gasteiger partial charge in [0.1, 0.15) is 10.8 Å². The van der Waals surface area contributed by atoms with Crippen LogP contribution in [0.2, 0.25) is 0 Å².